The number of nitrogens with one attached hydrogen (secondary N) is 1. The third-order valence-corrected chi connectivity index (χ3v) is 4.80. The van der Waals surface area contributed by atoms with Crippen LogP contribution in [-0.4, -0.2) is 12.0 Å². The molecule has 0 spiro atoms. The molecule has 0 aliphatic carbocycles. The molecular formula is C18H20N2S. The lowest BCUT2D eigenvalue weighted by Crippen LogP contribution is -1.96. The van der Waals surface area contributed by atoms with Crippen LogP contribution >= 0.6 is 11.3 Å². The van der Waals surface area contributed by atoms with Gasteiger partial charge in [-0.25, -0.2) is 4.98 Å². The fourth-order valence-electron chi connectivity index (χ4n) is 2.54. The second-order valence-corrected chi connectivity index (χ2v) is 6.24. The molecule has 0 aliphatic heterocycles. The molecule has 0 saturated carbocycles. The lowest BCUT2D eigenvalue weighted by atomic mass is 10.0. The zero-order valence-corrected chi connectivity index (χ0v) is 13.3. The van der Waals surface area contributed by atoms with Crippen molar-refractivity contribution in [3.8, 4) is 10.6 Å². The highest BCUT2D eigenvalue weighted by atomic mass is 32.1. The van der Waals surface area contributed by atoms with Crippen molar-refractivity contribution in [1.82, 2.24) is 4.98 Å². The lowest BCUT2D eigenvalue weighted by molar-refractivity contribution is 0.796. The molecule has 0 unspecified atom stereocenters. The number of hydrogen-bond donors (Lipinski definition) is 1. The molecule has 0 aliphatic rings. The van der Waals surface area contributed by atoms with E-state index in [0.717, 1.165) is 16.9 Å². The van der Waals surface area contributed by atoms with Crippen LogP contribution in [0.2, 0.25) is 0 Å². The van der Waals surface area contributed by atoms with E-state index in [-0.39, 0.29) is 0 Å². The third-order valence-electron chi connectivity index (χ3n) is 3.72. The molecule has 1 aromatic heterocycles. The SMILES string of the molecule is CCCCc1cc(-c2nc3ccccc3s2)ccc1NC. The minimum absolute atomic E-state index is 1.09. The van der Waals surface area contributed by atoms with Gasteiger partial charge in [-0.1, -0.05) is 25.5 Å². The molecule has 0 radical (unpaired) electrons. The Kier molecular flexibility index (Phi) is 4.20. The lowest BCUT2D eigenvalue weighted by Gasteiger charge is -2.10. The summed E-state index contributed by atoms with van der Waals surface area (Å²) in [5.74, 6) is 0. The summed E-state index contributed by atoms with van der Waals surface area (Å²) in [6.45, 7) is 2.23. The quantitative estimate of drug-likeness (QED) is 0.686. The number of nitrogens with zero attached hydrogens (tertiary/aromatic N) is 1. The zero-order valence-electron chi connectivity index (χ0n) is 12.5. The predicted octanol–water partition coefficient (Wildman–Crippen LogP) is 5.35. The number of anilines is 1. The molecule has 0 amide bonds. The largest absolute Gasteiger partial charge is 0.388 e. The first-order valence-electron chi connectivity index (χ1n) is 7.48. The van der Waals surface area contributed by atoms with Gasteiger partial charge in [0.1, 0.15) is 5.01 Å². The number of para-hydroxylation sites is 1. The maximum atomic E-state index is 4.76. The third kappa shape index (κ3) is 2.93. The molecular weight excluding hydrogens is 276 g/mol. The van der Waals surface area contributed by atoms with Crippen LogP contribution in [0.5, 0.6) is 0 Å². The second-order valence-electron chi connectivity index (χ2n) is 5.21. The smallest absolute Gasteiger partial charge is 0.124 e. The molecule has 0 atom stereocenters. The topological polar surface area (TPSA) is 24.9 Å². The van der Waals surface area contributed by atoms with Crippen LogP contribution in [0.25, 0.3) is 20.8 Å². The fourth-order valence-corrected chi connectivity index (χ4v) is 3.50. The van der Waals surface area contributed by atoms with Gasteiger partial charge in [0, 0.05) is 18.3 Å². The summed E-state index contributed by atoms with van der Waals surface area (Å²) in [6.07, 6.45) is 3.55. The minimum atomic E-state index is 1.09. The first-order chi connectivity index (χ1) is 10.3. The number of benzene rings is 2. The van der Waals surface area contributed by atoms with Crippen molar-refractivity contribution < 1.29 is 0 Å². The average Bonchev–Trinajstić information content (AvgIpc) is 2.96. The van der Waals surface area contributed by atoms with Crippen molar-refractivity contribution in [2.45, 2.75) is 26.2 Å². The molecule has 3 rings (SSSR count). The number of aryl methyl sites for hydroxylation is 1. The highest BCUT2D eigenvalue weighted by Gasteiger charge is 2.08. The van der Waals surface area contributed by atoms with Crippen LogP contribution < -0.4 is 5.32 Å². The summed E-state index contributed by atoms with van der Waals surface area (Å²) in [7, 11) is 1.99. The second kappa shape index (κ2) is 6.27. The monoisotopic (exact) mass is 296 g/mol. The Bertz CT molecular complexity index is 713. The van der Waals surface area contributed by atoms with Crippen LogP contribution in [-0.2, 0) is 6.42 Å². The molecule has 108 valence electrons. The Labute approximate surface area is 129 Å². The molecule has 1 heterocycles. The highest BCUT2D eigenvalue weighted by Crippen LogP contribution is 2.32. The van der Waals surface area contributed by atoms with E-state index in [1.165, 1.54) is 34.4 Å². The normalized spacial score (nSPS) is 11.0. The number of fused-ring (bicyclic) bond motifs is 1. The average molecular weight is 296 g/mol. The van der Waals surface area contributed by atoms with Gasteiger partial charge in [-0.3, -0.25) is 0 Å². The van der Waals surface area contributed by atoms with Crippen LogP contribution in [0, 0.1) is 0 Å². The van der Waals surface area contributed by atoms with Gasteiger partial charge in [-0.05, 0) is 48.7 Å². The van der Waals surface area contributed by atoms with Crippen molar-refractivity contribution in [3.63, 3.8) is 0 Å². The number of thiazole rings is 1. The molecule has 2 aromatic carbocycles. The van der Waals surface area contributed by atoms with Gasteiger partial charge in [0.05, 0.1) is 10.2 Å². The maximum absolute atomic E-state index is 4.76. The predicted molar refractivity (Wildman–Crippen MR) is 93.2 cm³/mol. The minimum Gasteiger partial charge on any atom is -0.388 e. The number of rotatable bonds is 5. The molecule has 21 heavy (non-hydrogen) atoms. The number of unbranched alkanes of at least 4 members (excludes halogenated alkanes) is 1. The van der Waals surface area contributed by atoms with E-state index in [4.69, 9.17) is 4.98 Å². The summed E-state index contributed by atoms with van der Waals surface area (Å²) >= 11 is 1.76. The van der Waals surface area contributed by atoms with E-state index in [1.807, 2.05) is 13.1 Å². The van der Waals surface area contributed by atoms with E-state index in [0.29, 0.717) is 0 Å². The Balaban J connectivity index is 2.01. The molecule has 0 fully saturated rings. The molecule has 3 heteroatoms. The summed E-state index contributed by atoms with van der Waals surface area (Å²) in [5.41, 5.74) is 4.93. The van der Waals surface area contributed by atoms with Gasteiger partial charge in [0.15, 0.2) is 0 Å². The van der Waals surface area contributed by atoms with Gasteiger partial charge >= 0.3 is 0 Å². The summed E-state index contributed by atoms with van der Waals surface area (Å²) < 4.78 is 1.25. The van der Waals surface area contributed by atoms with Crippen molar-refractivity contribution in [3.05, 3.63) is 48.0 Å². The van der Waals surface area contributed by atoms with E-state index < -0.39 is 0 Å². The van der Waals surface area contributed by atoms with E-state index >= 15 is 0 Å². The van der Waals surface area contributed by atoms with Crippen molar-refractivity contribution in [2.24, 2.45) is 0 Å². The summed E-state index contributed by atoms with van der Waals surface area (Å²) in [4.78, 5) is 4.76. The summed E-state index contributed by atoms with van der Waals surface area (Å²) in [6, 6.07) is 15.0. The van der Waals surface area contributed by atoms with E-state index in [2.05, 4.69) is 48.6 Å². The molecule has 0 bridgehead atoms. The highest BCUT2D eigenvalue weighted by molar-refractivity contribution is 7.21. The van der Waals surface area contributed by atoms with Gasteiger partial charge < -0.3 is 5.32 Å². The zero-order chi connectivity index (χ0) is 14.7. The summed E-state index contributed by atoms with van der Waals surface area (Å²) in [5, 5.41) is 4.40. The van der Waals surface area contributed by atoms with Gasteiger partial charge in [0.2, 0.25) is 0 Å². The van der Waals surface area contributed by atoms with Gasteiger partial charge in [-0.2, -0.15) is 0 Å². The van der Waals surface area contributed by atoms with Crippen molar-refractivity contribution in [1.29, 1.82) is 0 Å². The number of aromatic nitrogens is 1. The van der Waals surface area contributed by atoms with Crippen LogP contribution in [0.15, 0.2) is 42.5 Å². The Morgan fingerprint density at radius 1 is 1.14 bits per heavy atom. The van der Waals surface area contributed by atoms with E-state index in [9.17, 15) is 0 Å². The van der Waals surface area contributed by atoms with E-state index in [1.54, 1.807) is 11.3 Å². The fraction of sp³-hybridized carbons (Fsp3) is 0.278. The van der Waals surface area contributed by atoms with Crippen LogP contribution in [0.3, 0.4) is 0 Å². The number of hydrogen-bond acceptors (Lipinski definition) is 3. The maximum Gasteiger partial charge on any atom is 0.124 e. The van der Waals surface area contributed by atoms with Crippen molar-refractivity contribution in [2.75, 3.05) is 12.4 Å². The van der Waals surface area contributed by atoms with Crippen LogP contribution in [0.1, 0.15) is 25.3 Å². The first-order valence-corrected chi connectivity index (χ1v) is 8.30. The first kappa shape index (κ1) is 14.1. The van der Waals surface area contributed by atoms with Crippen LogP contribution in [0.4, 0.5) is 5.69 Å². The molecule has 2 nitrogen and oxygen atoms in total. The van der Waals surface area contributed by atoms with Crippen molar-refractivity contribution >= 4 is 27.2 Å². The Morgan fingerprint density at radius 3 is 2.76 bits per heavy atom. The molecule has 1 N–H and O–H groups in total. The standard InChI is InChI=1S/C18H20N2S/c1-3-4-7-13-12-14(10-11-15(13)19-2)18-20-16-8-5-6-9-17(16)21-18/h5-6,8-12,19H,3-4,7H2,1-2H3. The Morgan fingerprint density at radius 2 is 2.00 bits per heavy atom. The van der Waals surface area contributed by atoms with Gasteiger partial charge in [-0.15, -0.1) is 11.3 Å². The molecule has 3 aromatic rings. The van der Waals surface area contributed by atoms with Gasteiger partial charge in [0.25, 0.3) is 0 Å². The molecule has 0 saturated heterocycles. The Hall–Kier alpha value is -1.87.